The molecule has 0 saturated heterocycles. The van der Waals surface area contributed by atoms with Crippen LogP contribution in [0, 0.1) is 6.92 Å². The van der Waals surface area contributed by atoms with Crippen molar-refractivity contribution in [1.82, 2.24) is 9.97 Å². The third-order valence-corrected chi connectivity index (χ3v) is 3.36. The molecular formula is C14H16N2OS. The zero-order chi connectivity index (χ0) is 13.1. The lowest BCUT2D eigenvalue weighted by molar-refractivity contribution is 0.475. The molecule has 0 amide bonds. The molecule has 1 N–H and O–H groups in total. The fraction of sp³-hybridized carbons (Fsp3) is 0.286. The Morgan fingerprint density at radius 1 is 1.11 bits per heavy atom. The van der Waals surface area contributed by atoms with E-state index in [-0.39, 0.29) is 5.75 Å². The van der Waals surface area contributed by atoms with E-state index in [1.54, 1.807) is 12.1 Å². The minimum atomic E-state index is 0.271. The zero-order valence-corrected chi connectivity index (χ0v) is 11.5. The summed E-state index contributed by atoms with van der Waals surface area (Å²) in [6.45, 7) is 6.22. The molecule has 0 unspecified atom stereocenters. The van der Waals surface area contributed by atoms with Crippen molar-refractivity contribution in [2.75, 3.05) is 0 Å². The SMILES string of the molecule is Cc1cc(C(C)C)nc(Sc2ccc(O)cc2)n1. The van der Waals surface area contributed by atoms with E-state index in [0.717, 1.165) is 21.4 Å². The van der Waals surface area contributed by atoms with Gasteiger partial charge in [-0.1, -0.05) is 13.8 Å². The predicted octanol–water partition coefficient (Wildman–Crippen LogP) is 3.77. The summed E-state index contributed by atoms with van der Waals surface area (Å²) in [6, 6.07) is 9.08. The summed E-state index contributed by atoms with van der Waals surface area (Å²) in [4.78, 5) is 9.98. The highest BCUT2D eigenvalue weighted by Crippen LogP contribution is 2.27. The van der Waals surface area contributed by atoms with Gasteiger partial charge in [0.25, 0.3) is 0 Å². The highest BCUT2D eigenvalue weighted by atomic mass is 32.2. The van der Waals surface area contributed by atoms with E-state index < -0.39 is 0 Å². The summed E-state index contributed by atoms with van der Waals surface area (Å²) < 4.78 is 0. The van der Waals surface area contributed by atoms with Gasteiger partial charge in [-0.05, 0) is 54.9 Å². The van der Waals surface area contributed by atoms with Crippen molar-refractivity contribution in [3.8, 4) is 5.75 Å². The molecule has 0 fully saturated rings. The first-order valence-electron chi connectivity index (χ1n) is 5.87. The van der Waals surface area contributed by atoms with Gasteiger partial charge in [0.15, 0.2) is 5.16 Å². The Labute approximate surface area is 111 Å². The molecule has 0 spiro atoms. The number of benzene rings is 1. The first kappa shape index (κ1) is 12.9. The van der Waals surface area contributed by atoms with E-state index in [9.17, 15) is 5.11 Å². The number of phenols is 1. The highest BCUT2D eigenvalue weighted by molar-refractivity contribution is 7.99. The van der Waals surface area contributed by atoms with Gasteiger partial charge >= 0.3 is 0 Å². The van der Waals surface area contributed by atoms with Crippen LogP contribution in [0.25, 0.3) is 0 Å². The molecule has 0 aliphatic rings. The maximum atomic E-state index is 9.24. The minimum Gasteiger partial charge on any atom is -0.508 e. The van der Waals surface area contributed by atoms with E-state index in [0.29, 0.717) is 5.92 Å². The summed E-state index contributed by atoms with van der Waals surface area (Å²) in [7, 11) is 0. The van der Waals surface area contributed by atoms with Gasteiger partial charge < -0.3 is 5.11 Å². The standard InChI is InChI=1S/C14H16N2OS/c1-9(2)13-8-10(3)15-14(16-13)18-12-6-4-11(17)5-7-12/h4-9,17H,1-3H3. The van der Waals surface area contributed by atoms with Crippen LogP contribution < -0.4 is 0 Å². The van der Waals surface area contributed by atoms with E-state index in [2.05, 4.69) is 23.8 Å². The topological polar surface area (TPSA) is 46.0 Å². The number of hydrogen-bond donors (Lipinski definition) is 1. The Kier molecular flexibility index (Phi) is 3.87. The van der Waals surface area contributed by atoms with Crippen molar-refractivity contribution in [3.63, 3.8) is 0 Å². The number of rotatable bonds is 3. The first-order valence-corrected chi connectivity index (χ1v) is 6.68. The Hall–Kier alpha value is -1.55. The van der Waals surface area contributed by atoms with Crippen LogP contribution in [0.2, 0.25) is 0 Å². The lowest BCUT2D eigenvalue weighted by Gasteiger charge is -2.08. The Balaban J connectivity index is 2.26. The molecule has 18 heavy (non-hydrogen) atoms. The van der Waals surface area contributed by atoms with Crippen LogP contribution in [0.15, 0.2) is 40.4 Å². The molecule has 0 saturated carbocycles. The van der Waals surface area contributed by atoms with E-state index in [1.165, 1.54) is 11.8 Å². The summed E-state index contributed by atoms with van der Waals surface area (Å²) >= 11 is 1.51. The maximum absolute atomic E-state index is 9.24. The van der Waals surface area contributed by atoms with Crippen molar-refractivity contribution in [1.29, 1.82) is 0 Å². The monoisotopic (exact) mass is 260 g/mol. The average Bonchev–Trinajstić information content (AvgIpc) is 2.31. The van der Waals surface area contributed by atoms with E-state index >= 15 is 0 Å². The number of nitrogens with zero attached hydrogens (tertiary/aromatic N) is 2. The van der Waals surface area contributed by atoms with Crippen LogP contribution in [-0.4, -0.2) is 15.1 Å². The van der Waals surface area contributed by atoms with Crippen LogP contribution in [0.5, 0.6) is 5.75 Å². The zero-order valence-electron chi connectivity index (χ0n) is 10.7. The van der Waals surface area contributed by atoms with Gasteiger partial charge in [-0.25, -0.2) is 9.97 Å². The Morgan fingerprint density at radius 2 is 1.78 bits per heavy atom. The number of aromatic hydroxyl groups is 1. The normalized spacial score (nSPS) is 10.9. The molecule has 0 atom stereocenters. The summed E-state index contributed by atoms with van der Waals surface area (Å²) in [6.07, 6.45) is 0. The van der Waals surface area contributed by atoms with Crippen LogP contribution in [0.3, 0.4) is 0 Å². The maximum Gasteiger partial charge on any atom is 0.192 e. The largest absolute Gasteiger partial charge is 0.508 e. The smallest absolute Gasteiger partial charge is 0.192 e. The van der Waals surface area contributed by atoms with Crippen LogP contribution >= 0.6 is 11.8 Å². The second-order valence-corrected chi connectivity index (χ2v) is 5.51. The van der Waals surface area contributed by atoms with Gasteiger partial charge in [-0.2, -0.15) is 0 Å². The number of hydrogen-bond acceptors (Lipinski definition) is 4. The van der Waals surface area contributed by atoms with Crippen molar-refractivity contribution in [2.45, 2.75) is 36.7 Å². The summed E-state index contributed by atoms with van der Waals surface area (Å²) in [5, 5.41) is 10.00. The molecule has 2 rings (SSSR count). The molecule has 0 aliphatic carbocycles. The second kappa shape index (κ2) is 5.40. The minimum absolute atomic E-state index is 0.271. The Bertz CT molecular complexity index is 538. The van der Waals surface area contributed by atoms with Crippen molar-refractivity contribution in [3.05, 3.63) is 41.7 Å². The quantitative estimate of drug-likeness (QED) is 0.853. The van der Waals surface area contributed by atoms with Gasteiger partial charge in [0.2, 0.25) is 0 Å². The molecule has 1 aromatic carbocycles. The molecule has 0 aliphatic heterocycles. The number of aromatic nitrogens is 2. The molecule has 3 nitrogen and oxygen atoms in total. The molecule has 1 heterocycles. The highest BCUT2D eigenvalue weighted by Gasteiger charge is 2.07. The molecular weight excluding hydrogens is 244 g/mol. The number of phenolic OH excluding ortho intramolecular Hbond substituents is 1. The number of aryl methyl sites for hydroxylation is 1. The van der Waals surface area contributed by atoms with Gasteiger partial charge in [0.05, 0.1) is 0 Å². The van der Waals surface area contributed by atoms with Crippen molar-refractivity contribution in [2.24, 2.45) is 0 Å². The van der Waals surface area contributed by atoms with Crippen LogP contribution in [-0.2, 0) is 0 Å². The van der Waals surface area contributed by atoms with E-state index in [4.69, 9.17) is 0 Å². The molecule has 94 valence electrons. The van der Waals surface area contributed by atoms with Gasteiger partial charge in [-0.15, -0.1) is 0 Å². The lowest BCUT2D eigenvalue weighted by Crippen LogP contribution is -1.98. The predicted molar refractivity (Wildman–Crippen MR) is 73.1 cm³/mol. The van der Waals surface area contributed by atoms with Crippen LogP contribution in [0.1, 0.15) is 31.2 Å². The van der Waals surface area contributed by atoms with Crippen molar-refractivity contribution >= 4 is 11.8 Å². The fourth-order valence-corrected chi connectivity index (χ4v) is 2.35. The van der Waals surface area contributed by atoms with Gasteiger partial charge in [0, 0.05) is 16.3 Å². The molecule has 0 radical (unpaired) electrons. The third-order valence-electron chi connectivity index (χ3n) is 2.49. The second-order valence-electron chi connectivity index (χ2n) is 4.47. The molecule has 1 aromatic heterocycles. The Morgan fingerprint density at radius 3 is 2.39 bits per heavy atom. The van der Waals surface area contributed by atoms with Gasteiger partial charge in [-0.3, -0.25) is 0 Å². The third kappa shape index (κ3) is 3.23. The summed E-state index contributed by atoms with van der Waals surface area (Å²) in [5.74, 6) is 0.665. The van der Waals surface area contributed by atoms with Gasteiger partial charge in [0.1, 0.15) is 5.75 Å². The molecule has 2 aromatic rings. The fourth-order valence-electron chi connectivity index (χ4n) is 1.53. The molecule has 0 bridgehead atoms. The average molecular weight is 260 g/mol. The van der Waals surface area contributed by atoms with E-state index in [1.807, 2.05) is 25.1 Å². The molecule has 4 heteroatoms. The summed E-state index contributed by atoms with van der Waals surface area (Å²) in [5.41, 5.74) is 2.04. The first-order chi connectivity index (χ1) is 8.54. The lowest BCUT2D eigenvalue weighted by atomic mass is 10.1. The van der Waals surface area contributed by atoms with Crippen molar-refractivity contribution < 1.29 is 5.11 Å². The van der Waals surface area contributed by atoms with Crippen LogP contribution in [0.4, 0.5) is 0 Å².